The Hall–Kier alpha value is -1.42. The third kappa shape index (κ3) is 2.67. The summed E-state index contributed by atoms with van der Waals surface area (Å²) in [4.78, 5) is 1.98. The highest BCUT2D eigenvalue weighted by molar-refractivity contribution is 7.28. The molecule has 0 unspecified atom stereocenters. The molecule has 0 saturated carbocycles. The van der Waals surface area contributed by atoms with Crippen molar-refractivity contribution in [3.05, 3.63) is 5.38 Å². The molecule has 0 N–H and O–H groups in total. The van der Waals surface area contributed by atoms with Crippen LogP contribution < -0.4 is 23.7 Å². The summed E-state index contributed by atoms with van der Waals surface area (Å²) in [6.07, 6.45) is 0. The average Bonchev–Trinajstić information content (AvgIpc) is 3.27. The molecule has 1 fully saturated rings. The number of fused-ring (bicyclic) bond motifs is 2. The summed E-state index contributed by atoms with van der Waals surface area (Å²) in [5.41, 5.74) is -0.827. The van der Waals surface area contributed by atoms with Crippen molar-refractivity contribution in [2.45, 2.75) is 38.9 Å². The normalized spacial score (nSPS) is 22.1. The second-order valence-corrected chi connectivity index (χ2v) is 9.63. The summed E-state index contributed by atoms with van der Waals surface area (Å²) in [6.45, 7) is 10.3. The van der Waals surface area contributed by atoms with E-state index in [0.717, 1.165) is 37.5 Å². The molecule has 1 saturated heterocycles. The fraction of sp³-hybridized carbons (Fsp3) is 0.556. The molecule has 3 aliphatic rings. The van der Waals surface area contributed by atoms with Crippen LogP contribution >= 0.6 is 22.7 Å². The Morgan fingerprint density at radius 3 is 2.07 bits per heavy atom. The molecule has 0 aliphatic carbocycles. The van der Waals surface area contributed by atoms with Crippen LogP contribution in [0.1, 0.15) is 27.7 Å². The van der Waals surface area contributed by atoms with Crippen molar-refractivity contribution in [3.63, 3.8) is 0 Å². The van der Waals surface area contributed by atoms with Gasteiger partial charge in [-0.2, -0.15) is 0 Å². The molecule has 6 nitrogen and oxygen atoms in total. The first kappa shape index (κ1) is 17.7. The monoisotopic (exact) mass is 408 g/mol. The van der Waals surface area contributed by atoms with Crippen molar-refractivity contribution in [1.29, 1.82) is 0 Å². The van der Waals surface area contributed by atoms with Crippen LogP contribution in [0.2, 0.25) is 0 Å². The molecular weight excluding hydrogens is 387 g/mol. The predicted octanol–water partition coefficient (Wildman–Crippen LogP) is 3.32. The summed E-state index contributed by atoms with van der Waals surface area (Å²) in [6, 6.07) is 0. The lowest BCUT2D eigenvalue weighted by molar-refractivity contribution is 0.00578. The maximum Gasteiger partial charge on any atom is 0.509 e. The molecule has 0 radical (unpaired) electrons. The van der Waals surface area contributed by atoms with Crippen molar-refractivity contribution >= 4 is 34.6 Å². The van der Waals surface area contributed by atoms with Gasteiger partial charge in [0.15, 0.2) is 23.0 Å². The van der Waals surface area contributed by atoms with Gasteiger partial charge in [-0.15, -0.1) is 22.7 Å². The Kier molecular flexibility index (Phi) is 3.95. The SMILES string of the molecule is CC1(C)OB(c2sc(-c3scc4c3OCCO4)c3c2OCCO3)OC1(C)C. The number of rotatable bonds is 2. The van der Waals surface area contributed by atoms with Crippen LogP contribution in [0.15, 0.2) is 5.38 Å². The lowest BCUT2D eigenvalue weighted by Crippen LogP contribution is -2.41. The highest BCUT2D eigenvalue weighted by Crippen LogP contribution is 2.54. The van der Waals surface area contributed by atoms with Crippen LogP contribution in [0.3, 0.4) is 0 Å². The van der Waals surface area contributed by atoms with Crippen molar-refractivity contribution < 1.29 is 28.3 Å². The van der Waals surface area contributed by atoms with E-state index in [0.29, 0.717) is 26.4 Å². The smallest absolute Gasteiger partial charge is 0.486 e. The van der Waals surface area contributed by atoms with Gasteiger partial charge in [-0.1, -0.05) is 0 Å². The summed E-state index contributed by atoms with van der Waals surface area (Å²) < 4.78 is 37.0. The minimum Gasteiger partial charge on any atom is -0.486 e. The van der Waals surface area contributed by atoms with Gasteiger partial charge < -0.3 is 28.3 Å². The molecule has 0 atom stereocenters. The molecule has 2 aromatic heterocycles. The minimum atomic E-state index is -0.489. The zero-order valence-corrected chi connectivity index (χ0v) is 17.4. The van der Waals surface area contributed by atoms with Crippen LogP contribution in [0.4, 0.5) is 0 Å². The van der Waals surface area contributed by atoms with Crippen molar-refractivity contribution in [2.24, 2.45) is 0 Å². The maximum absolute atomic E-state index is 6.26. The molecule has 9 heteroatoms. The lowest BCUT2D eigenvalue weighted by Gasteiger charge is -2.32. The van der Waals surface area contributed by atoms with E-state index in [1.165, 1.54) is 0 Å². The summed E-state index contributed by atoms with van der Waals surface area (Å²) >= 11 is 3.17. The summed E-state index contributed by atoms with van der Waals surface area (Å²) in [5, 5.41) is 1.98. The Morgan fingerprint density at radius 2 is 1.37 bits per heavy atom. The first-order valence-corrected chi connectivity index (χ1v) is 10.7. The van der Waals surface area contributed by atoms with Crippen LogP contribution in [0.25, 0.3) is 9.75 Å². The number of ether oxygens (including phenoxy) is 4. The van der Waals surface area contributed by atoms with Gasteiger partial charge in [0.2, 0.25) is 0 Å². The molecule has 5 rings (SSSR count). The highest BCUT2D eigenvalue weighted by Gasteiger charge is 2.54. The standard InChI is InChI=1S/C18H21BO6S2/c1-17(2)18(3,4)25-19(24-17)16-13-12(22-7-8-23-13)15(27-16)14-11-10(9-26-14)20-5-6-21-11/h9H,5-8H2,1-4H3. The molecular formula is C18H21BO6S2. The zero-order valence-electron chi connectivity index (χ0n) is 15.7. The largest absolute Gasteiger partial charge is 0.509 e. The topological polar surface area (TPSA) is 55.4 Å². The fourth-order valence-electron chi connectivity index (χ4n) is 3.25. The third-order valence-electron chi connectivity index (χ3n) is 5.40. The van der Waals surface area contributed by atoms with Gasteiger partial charge in [0.05, 0.1) is 25.7 Å². The lowest BCUT2D eigenvalue weighted by atomic mass is 9.87. The summed E-state index contributed by atoms with van der Waals surface area (Å²) in [5.74, 6) is 3.04. The average molecular weight is 408 g/mol. The first-order chi connectivity index (χ1) is 12.9. The Morgan fingerprint density at radius 1 is 0.778 bits per heavy atom. The molecule has 0 bridgehead atoms. The van der Waals surface area contributed by atoms with Gasteiger partial charge in [0.1, 0.15) is 26.4 Å². The van der Waals surface area contributed by atoms with E-state index < -0.39 is 18.3 Å². The van der Waals surface area contributed by atoms with E-state index in [4.69, 9.17) is 28.3 Å². The molecule has 144 valence electrons. The Bertz CT molecular complexity index is 871. The van der Waals surface area contributed by atoms with Crippen molar-refractivity contribution in [1.82, 2.24) is 0 Å². The van der Waals surface area contributed by atoms with E-state index >= 15 is 0 Å². The molecule has 5 heterocycles. The van der Waals surface area contributed by atoms with E-state index in [1.54, 1.807) is 22.7 Å². The second-order valence-electron chi connectivity index (χ2n) is 7.69. The van der Waals surface area contributed by atoms with Gasteiger partial charge in [0.25, 0.3) is 0 Å². The Labute approximate surface area is 166 Å². The second kappa shape index (κ2) is 6.04. The van der Waals surface area contributed by atoms with Crippen molar-refractivity contribution in [2.75, 3.05) is 26.4 Å². The third-order valence-corrected chi connectivity index (χ3v) is 7.68. The Balaban J connectivity index is 1.60. The molecule has 0 spiro atoms. The number of hydrogen-bond donors (Lipinski definition) is 0. The van der Waals surface area contributed by atoms with Gasteiger partial charge in [0, 0.05) is 5.38 Å². The highest BCUT2D eigenvalue weighted by atomic mass is 32.1. The van der Waals surface area contributed by atoms with Gasteiger partial charge in [-0.3, -0.25) is 0 Å². The first-order valence-electron chi connectivity index (χ1n) is 9.03. The van der Waals surface area contributed by atoms with Crippen molar-refractivity contribution in [3.8, 4) is 32.8 Å². The molecule has 27 heavy (non-hydrogen) atoms. The minimum absolute atomic E-state index is 0.413. The zero-order chi connectivity index (χ0) is 18.8. The van der Waals surface area contributed by atoms with Crippen LogP contribution in [0, 0.1) is 0 Å². The van der Waals surface area contributed by atoms with Gasteiger partial charge >= 0.3 is 7.12 Å². The van der Waals surface area contributed by atoms with Crippen LogP contribution in [-0.4, -0.2) is 44.7 Å². The van der Waals surface area contributed by atoms with Gasteiger partial charge in [-0.25, -0.2) is 0 Å². The molecule has 0 aromatic carbocycles. The molecule has 2 aromatic rings. The summed E-state index contributed by atoms with van der Waals surface area (Å²) in [7, 11) is -0.489. The maximum atomic E-state index is 6.26. The van der Waals surface area contributed by atoms with E-state index in [-0.39, 0.29) is 0 Å². The van der Waals surface area contributed by atoms with Crippen LogP contribution in [-0.2, 0) is 9.31 Å². The molecule has 0 amide bonds. The van der Waals surface area contributed by atoms with Crippen LogP contribution in [0.5, 0.6) is 23.0 Å². The number of thiophene rings is 2. The predicted molar refractivity (Wildman–Crippen MR) is 105 cm³/mol. The van der Waals surface area contributed by atoms with E-state index in [2.05, 4.69) is 0 Å². The molecule has 3 aliphatic heterocycles. The fourth-order valence-corrected chi connectivity index (χ4v) is 5.47. The van der Waals surface area contributed by atoms with E-state index in [1.807, 2.05) is 33.1 Å². The number of hydrogen-bond acceptors (Lipinski definition) is 8. The van der Waals surface area contributed by atoms with Gasteiger partial charge in [-0.05, 0) is 27.7 Å². The van der Waals surface area contributed by atoms with E-state index in [9.17, 15) is 0 Å². The quantitative estimate of drug-likeness (QED) is 0.711.